The zero-order valence-electron chi connectivity index (χ0n) is 9.83. The van der Waals surface area contributed by atoms with Crippen LogP contribution in [0, 0.1) is 5.41 Å². The van der Waals surface area contributed by atoms with Crippen molar-refractivity contribution in [1.29, 1.82) is 0 Å². The first-order valence-electron chi connectivity index (χ1n) is 5.80. The predicted molar refractivity (Wildman–Crippen MR) is 68.4 cm³/mol. The smallest absolute Gasteiger partial charge is 0.224 e. The number of anilines is 2. The summed E-state index contributed by atoms with van der Waals surface area (Å²) in [6, 6.07) is 0. The van der Waals surface area contributed by atoms with Gasteiger partial charge in [0.25, 0.3) is 0 Å². The first-order valence-corrected chi connectivity index (χ1v) is 6.18. The molecule has 0 amide bonds. The average molecular weight is 257 g/mol. The Hall–Kier alpha value is -1.07. The Kier molecular flexibility index (Phi) is 3.69. The molecule has 94 valence electrons. The van der Waals surface area contributed by atoms with Crippen LogP contribution in [0.5, 0.6) is 0 Å². The van der Waals surface area contributed by atoms with E-state index in [1.807, 2.05) is 6.92 Å². The molecule has 0 spiro atoms. The second kappa shape index (κ2) is 5.06. The van der Waals surface area contributed by atoms with Crippen molar-refractivity contribution in [3.05, 3.63) is 11.2 Å². The number of aromatic nitrogens is 2. The summed E-state index contributed by atoms with van der Waals surface area (Å²) in [4.78, 5) is 8.35. The molecule has 1 heterocycles. The van der Waals surface area contributed by atoms with E-state index >= 15 is 0 Å². The Balaban J connectivity index is 2.01. The highest BCUT2D eigenvalue weighted by Gasteiger charge is 2.41. The fourth-order valence-electron chi connectivity index (χ4n) is 1.57. The number of hydrogen-bond donors (Lipinski definition) is 3. The molecule has 2 rings (SSSR count). The van der Waals surface area contributed by atoms with Crippen molar-refractivity contribution in [2.75, 3.05) is 30.3 Å². The first kappa shape index (κ1) is 12.4. The van der Waals surface area contributed by atoms with Gasteiger partial charge < -0.3 is 15.7 Å². The van der Waals surface area contributed by atoms with Crippen molar-refractivity contribution in [3.63, 3.8) is 0 Å². The van der Waals surface area contributed by atoms with E-state index in [1.54, 1.807) is 6.20 Å². The maximum absolute atomic E-state index is 9.22. The molecule has 1 fully saturated rings. The predicted octanol–water partition coefficient (Wildman–Crippen LogP) is 1.75. The van der Waals surface area contributed by atoms with Gasteiger partial charge in [-0.25, -0.2) is 4.98 Å². The van der Waals surface area contributed by atoms with Gasteiger partial charge in [-0.1, -0.05) is 11.6 Å². The zero-order valence-corrected chi connectivity index (χ0v) is 10.6. The number of halogens is 1. The van der Waals surface area contributed by atoms with E-state index in [0.717, 1.165) is 19.4 Å². The van der Waals surface area contributed by atoms with Gasteiger partial charge in [-0.2, -0.15) is 4.98 Å². The highest BCUT2D eigenvalue weighted by atomic mass is 35.5. The van der Waals surface area contributed by atoms with E-state index in [4.69, 9.17) is 11.6 Å². The van der Waals surface area contributed by atoms with E-state index < -0.39 is 0 Å². The molecule has 0 bridgehead atoms. The third-order valence-corrected chi connectivity index (χ3v) is 3.28. The van der Waals surface area contributed by atoms with Crippen LogP contribution < -0.4 is 10.6 Å². The second-order valence-corrected chi connectivity index (χ2v) is 4.84. The minimum absolute atomic E-state index is 0.0344. The lowest BCUT2D eigenvalue weighted by atomic mass is 10.1. The SMILES string of the molecule is CCNc1ncc(Cl)c(NCC2(CO)CC2)n1. The maximum Gasteiger partial charge on any atom is 0.224 e. The Labute approximate surface area is 106 Å². The van der Waals surface area contributed by atoms with Crippen LogP contribution in [0.4, 0.5) is 11.8 Å². The van der Waals surface area contributed by atoms with E-state index in [2.05, 4.69) is 20.6 Å². The number of hydrogen-bond acceptors (Lipinski definition) is 5. The van der Waals surface area contributed by atoms with Crippen molar-refractivity contribution in [1.82, 2.24) is 9.97 Å². The Morgan fingerprint density at radius 1 is 1.47 bits per heavy atom. The van der Waals surface area contributed by atoms with Crippen molar-refractivity contribution in [3.8, 4) is 0 Å². The summed E-state index contributed by atoms with van der Waals surface area (Å²) in [6.07, 6.45) is 3.69. The van der Waals surface area contributed by atoms with Gasteiger partial charge in [-0.3, -0.25) is 0 Å². The van der Waals surface area contributed by atoms with Gasteiger partial charge in [0.15, 0.2) is 5.82 Å². The molecule has 1 aliphatic carbocycles. The molecule has 17 heavy (non-hydrogen) atoms. The number of nitrogens with zero attached hydrogens (tertiary/aromatic N) is 2. The summed E-state index contributed by atoms with van der Waals surface area (Å²) in [5, 5.41) is 15.9. The van der Waals surface area contributed by atoms with E-state index in [9.17, 15) is 5.11 Å². The zero-order chi connectivity index (χ0) is 12.3. The lowest BCUT2D eigenvalue weighted by Gasteiger charge is -2.14. The normalized spacial score (nSPS) is 16.6. The molecule has 5 nitrogen and oxygen atoms in total. The Bertz CT molecular complexity index is 395. The molecule has 6 heteroatoms. The van der Waals surface area contributed by atoms with Gasteiger partial charge in [-0.05, 0) is 19.8 Å². The number of aliphatic hydroxyl groups excluding tert-OH is 1. The van der Waals surface area contributed by atoms with Crippen LogP contribution in [0.3, 0.4) is 0 Å². The fraction of sp³-hybridized carbons (Fsp3) is 0.636. The number of aliphatic hydroxyl groups is 1. The third-order valence-electron chi connectivity index (χ3n) is 3.00. The van der Waals surface area contributed by atoms with Crippen LogP contribution in [-0.4, -0.2) is 34.8 Å². The van der Waals surface area contributed by atoms with E-state index in [1.165, 1.54) is 0 Å². The largest absolute Gasteiger partial charge is 0.396 e. The maximum atomic E-state index is 9.22. The van der Waals surface area contributed by atoms with E-state index in [0.29, 0.717) is 23.3 Å². The van der Waals surface area contributed by atoms with Crippen molar-refractivity contribution in [2.24, 2.45) is 5.41 Å². The molecule has 0 aliphatic heterocycles. The van der Waals surface area contributed by atoms with Gasteiger partial charge in [0.2, 0.25) is 5.95 Å². The van der Waals surface area contributed by atoms with Crippen molar-refractivity contribution >= 4 is 23.4 Å². The minimum Gasteiger partial charge on any atom is -0.396 e. The van der Waals surface area contributed by atoms with Crippen LogP contribution in [0.25, 0.3) is 0 Å². The fourth-order valence-corrected chi connectivity index (χ4v) is 1.73. The van der Waals surface area contributed by atoms with Crippen molar-refractivity contribution < 1.29 is 5.11 Å². The summed E-state index contributed by atoms with van der Waals surface area (Å²) in [5.74, 6) is 1.19. The minimum atomic E-state index is 0.0344. The molecule has 1 saturated carbocycles. The number of rotatable bonds is 6. The van der Waals surface area contributed by atoms with E-state index in [-0.39, 0.29) is 12.0 Å². The lowest BCUT2D eigenvalue weighted by Crippen LogP contribution is -2.20. The van der Waals surface area contributed by atoms with Crippen molar-refractivity contribution in [2.45, 2.75) is 19.8 Å². The van der Waals surface area contributed by atoms with Crippen LogP contribution >= 0.6 is 11.6 Å². The van der Waals surface area contributed by atoms with Gasteiger partial charge in [0, 0.05) is 18.5 Å². The van der Waals surface area contributed by atoms with Gasteiger partial charge in [0.1, 0.15) is 5.02 Å². The first-order chi connectivity index (χ1) is 8.19. The van der Waals surface area contributed by atoms with Crippen LogP contribution in [0.2, 0.25) is 5.02 Å². The molecule has 1 aromatic heterocycles. The molecule has 0 atom stereocenters. The molecular formula is C11H17ClN4O. The molecule has 1 aromatic rings. The van der Waals surface area contributed by atoms with Gasteiger partial charge >= 0.3 is 0 Å². The summed E-state index contributed by atoms with van der Waals surface area (Å²) in [5.41, 5.74) is 0.0344. The van der Waals surface area contributed by atoms with Gasteiger partial charge in [-0.15, -0.1) is 0 Å². The van der Waals surface area contributed by atoms with Crippen LogP contribution in [0.15, 0.2) is 6.20 Å². The standard InChI is InChI=1S/C11H17ClN4O/c1-2-13-10-14-5-8(12)9(16-10)15-6-11(7-17)3-4-11/h5,17H,2-4,6-7H2,1H3,(H2,13,14,15,16). The van der Waals surface area contributed by atoms with Gasteiger partial charge in [0.05, 0.1) is 12.8 Å². The summed E-state index contributed by atoms with van der Waals surface area (Å²) >= 11 is 6.01. The highest BCUT2D eigenvalue weighted by molar-refractivity contribution is 6.32. The molecule has 0 radical (unpaired) electrons. The average Bonchev–Trinajstić information content (AvgIpc) is 3.11. The molecule has 0 aromatic carbocycles. The Morgan fingerprint density at radius 2 is 2.24 bits per heavy atom. The molecule has 1 aliphatic rings. The lowest BCUT2D eigenvalue weighted by molar-refractivity contribution is 0.219. The quantitative estimate of drug-likeness (QED) is 0.723. The third kappa shape index (κ3) is 2.98. The molecule has 0 unspecified atom stereocenters. The topological polar surface area (TPSA) is 70.1 Å². The highest BCUT2D eigenvalue weighted by Crippen LogP contribution is 2.45. The number of nitrogens with one attached hydrogen (secondary N) is 2. The molecule has 3 N–H and O–H groups in total. The summed E-state index contributed by atoms with van der Waals surface area (Å²) < 4.78 is 0. The molecular weight excluding hydrogens is 240 g/mol. The monoisotopic (exact) mass is 256 g/mol. The second-order valence-electron chi connectivity index (χ2n) is 4.43. The molecule has 0 saturated heterocycles. The van der Waals surface area contributed by atoms with Crippen LogP contribution in [-0.2, 0) is 0 Å². The Morgan fingerprint density at radius 3 is 2.82 bits per heavy atom. The van der Waals surface area contributed by atoms with Crippen LogP contribution in [0.1, 0.15) is 19.8 Å². The summed E-state index contributed by atoms with van der Waals surface area (Å²) in [6.45, 7) is 3.66. The summed E-state index contributed by atoms with van der Waals surface area (Å²) in [7, 11) is 0.